The van der Waals surface area contributed by atoms with Gasteiger partial charge in [0.15, 0.2) is 0 Å². The monoisotopic (exact) mass is 408 g/mol. The minimum Gasteiger partial charge on any atom is -0.352 e. The molecule has 0 aromatic heterocycles. The predicted octanol–water partition coefficient (Wildman–Crippen LogP) is 1.42. The zero-order valence-corrected chi connectivity index (χ0v) is 17.7. The summed E-state index contributed by atoms with van der Waals surface area (Å²) in [6.07, 6.45) is 3.69. The lowest BCUT2D eigenvalue weighted by Gasteiger charge is -2.32. The number of hydrogen-bond acceptors (Lipinski definition) is 4. The molecule has 2 saturated heterocycles. The first-order valence-corrected chi connectivity index (χ1v) is 11.5. The SMILES string of the molecule is CN(C)S(=O)(=O)N1CCC(C(=O)NCc2cccc(CN3CCCC3)c2)CC1. The number of amides is 1. The van der Waals surface area contributed by atoms with E-state index in [0.29, 0.717) is 32.5 Å². The first-order chi connectivity index (χ1) is 13.4. The van der Waals surface area contributed by atoms with Gasteiger partial charge >= 0.3 is 0 Å². The van der Waals surface area contributed by atoms with Crippen molar-refractivity contribution in [1.82, 2.24) is 18.8 Å². The van der Waals surface area contributed by atoms with Gasteiger partial charge in [0.1, 0.15) is 0 Å². The lowest BCUT2D eigenvalue weighted by molar-refractivity contribution is -0.126. The molecule has 0 bridgehead atoms. The largest absolute Gasteiger partial charge is 0.352 e. The highest BCUT2D eigenvalue weighted by molar-refractivity contribution is 7.86. The second-order valence-corrected chi connectivity index (χ2v) is 10.1. The molecular formula is C20H32N4O3S. The van der Waals surface area contributed by atoms with Gasteiger partial charge in [-0.1, -0.05) is 24.3 Å². The standard InChI is InChI=1S/C20H32N4O3S/c1-22(2)28(26,27)24-12-8-19(9-13-24)20(25)21-15-17-6-5-7-18(14-17)16-23-10-3-4-11-23/h5-7,14,19H,3-4,8-13,15-16H2,1-2H3,(H,21,25). The lowest BCUT2D eigenvalue weighted by Crippen LogP contribution is -2.46. The summed E-state index contributed by atoms with van der Waals surface area (Å²) in [5.74, 6) is -0.103. The van der Waals surface area contributed by atoms with E-state index in [9.17, 15) is 13.2 Å². The molecule has 2 heterocycles. The maximum Gasteiger partial charge on any atom is 0.281 e. The van der Waals surface area contributed by atoms with Gasteiger partial charge in [0.2, 0.25) is 5.91 Å². The van der Waals surface area contributed by atoms with E-state index < -0.39 is 10.2 Å². The second-order valence-electron chi connectivity index (χ2n) is 7.98. The molecule has 1 aromatic carbocycles. The van der Waals surface area contributed by atoms with Crippen LogP contribution in [0.1, 0.15) is 36.8 Å². The van der Waals surface area contributed by atoms with Crippen molar-refractivity contribution in [2.24, 2.45) is 5.92 Å². The summed E-state index contributed by atoms with van der Waals surface area (Å²) in [7, 11) is -0.321. The molecule has 1 aromatic rings. The average Bonchev–Trinajstić information content (AvgIpc) is 3.19. The predicted molar refractivity (Wildman–Crippen MR) is 110 cm³/mol. The summed E-state index contributed by atoms with van der Waals surface area (Å²) >= 11 is 0. The summed E-state index contributed by atoms with van der Waals surface area (Å²) in [5, 5.41) is 3.03. The van der Waals surface area contributed by atoms with E-state index in [2.05, 4.69) is 28.4 Å². The van der Waals surface area contributed by atoms with Crippen LogP contribution >= 0.6 is 0 Å². The maximum atomic E-state index is 12.5. The lowest BCUT2D eigenvalue weighted by atomic mass is 9.97. The minimum absolute atomic E-state index is 0.0202. The van der Waals surface area contributed by atoms with E-state index in [1.807, 2.05) is 6.07 Å². The molecule has 7 nitrogen and oxygen atoms in total. The fourth-order valence-corrected chi connectivity index (χ4v) is 5.08. The quantitative estimate of drug-likeness (QED) is 0.741. The number of piperidine rings is 1. The Bertz CT molecular complexity index is 767. The molecule has 0 aliphatic carbocycles. The van der Waals surface area contributed by atoms with Gasteiger partial charge in [-0.05, 0) is 49.9 Å². The molecule has 0 atom stereocenters. The van der Waals surface area contributed by atoms with Gasteiger partial charge in [-0.15, -0.1) is 0 Å². The first-order valence-electron chi connectivity index (χ1n) is 10.1. The topological polar surface area (TPSA) is 73.0 Å². The summed E-state index contributed by atoms with van der Waals surface area (Å²) < 4.78 is 27.0. The summed E-state index contributed by atoms with van der Waals surface area (Å²) in [4.78, 5) is 15.0. The molecule has 156 valence electrons. The Morgan fingerprint density at radius 2 is 1.75 bits per heavy atom. The van der Waals surface area contributed by atoms with Gasteiger partial charge in [0, 0.05) is 46.2 Å². The van der Waals surface area contributed by atoms with Crippen LogP contribution in [-0.4, -0.2) is 68.1 Å². The summed E-state index contributed by atoms with van der Waals surface area (Å²) in [6.45, 7) is 4.61. The number of likely N-dealkylation sites (tertiary alicyclic amines) is 1. The zero-order valence-electron chi connectivity index (χ0n) is 16.9. The molecule has 2 aliphatic heterocycles. The number of carbonyl (C=O) groups excluding carboxylic acids is 1. The highest BCUT2D eigenvalue weighted by atomic mass is 32.2. The molecule has 0 saturated carbocycles. The summed E-state index contributed by atoms with van der Waals surface area (Å²) in [5.41, 5.74) is 2.40. The van der Waals surface area contributed by atoms with E-state index in [1.165, 1.54) is 54.2 Å². The van der Waals surface area contributed by atoms with Crippen LogP contribution in [0.4, 0.5) is 0 Å². The van der Waals surface area contributed by atoms with Crippen molar-refractivity contribution in [3.05, 3.63) is 35.4 Å². The van der Waals surface area contributed by atoms with Crippen LogP contribution < -0.4 is 5.32 Å². The number of nitrogens with zero attached hydrogens (tertiary/aromatic N) is 3. The fraction of sp³-hybridized carbons (Fsp3) is 0.650. The number of rotatable bonds is 7. The molecule has 2 fully saturated rings. The Balaban J connectivity index is 1.47. The fourth-order valence-electron chi connectivity index (χ4n) is 3.95. The average molecular weight is 409 g/mol. The number of benzene rings is 1. The molecule has 0 radical (unpaired) electrons. The van der Waals surface area contributed by atoms with E-state index in [4.69, 9.17) is 0 Å². The Labute approximate surface area is 168 Å². The Morgan fingerprint density at radius 3 is 2.39 bits per heavy atom. The van der Waals surface area contributed by atoms with Crippen molar-refractivity contribution in [2.45, 2.75) is 38.8 Å². The second kappa shape index (κ2) is 9.35. The van der Waals surface area contributed by atoms with Crippen molar-refractivity contribution in [3.8, 4) is 0 Å². The van der Waals surface area contributed by atoms with Gasteiger partial charge in [-0.25, -0.2) is 0 Å². The van der Waals surface area contributed by atoms with E-state index >= 15 is 0 Å². The van der Waals surface area contributed by atoms with E-state index in [0.717, 1.165) is 12.1 Å². The molecular weight excluding hydrogens is 376 g/mol. The van der Waals surface area contributed by atoms with Crippen LogP contribution in [0.5, 0.6) is 0 Å². The third kappa shape index (κ3) is 5.31. The zero-order chi connectivity index (χ0) is 20.1. The van der Waals surface area contributed by atoms with Crippen LogP contribution in [0.15, 0.2) is 24.3 Å². The van der Waals surface area contributed by atoms with Crippen LogP contribution in [0.25, 0.3) is 0 Å². The van der Waals surface area contributed by atoms with Crippen LogP contribution in [0.3, 0.4) is 0 Å². The third-order valence-corrected chi connectivity index (χ3v) is 7.62. The van der Waals surface area contributed by atoms with E-state index in [1.54, 1.807) is 0 Å². The van der Waals surface area contributed by atoms with Gasteiger partial charge < -0.3 is 5.32 Å². The molecule has 1 N–H and O–H groups in total. The highest BCUT2D eigenvalue weighted by Crippen LogP contribution is 2.21. The Kier molecular flexibility index (Phi) is 7.09. The Hall–Kier alpha value is -1.48. The third-order valence-electron chi connectivity index (χ3n) is 5.68. The van der Waals surface area contributed by atoms with Crippen molar-refractivity contribution in [2.75, 3.05) is 40.3 Å². The number of hydrogen-bond donors (Lipinski definition) is 1. The molecule has 0 unspecified atom stereocenters. The van der Waals surface area contributed by atoms with Crippen molar-refractivity contribution < 1.29 is 13.2 Å². The normalized spacial score (nSPS) is 20.0. The van der Waals surface area contributed by atoms with E-state index in [-0.39, 0.29) is 11.8 Å². The van der Waals surface area contributed by atoms with Gasteiger partial charge in [0.05, 0.1) is 0 Å². The smallest absolute Gasteiger partial charge is 0.281 e. The molecule has 2 aliphatic rings. The van der Waals surface area contributed by atoms with Crippen LogP contribution in [-0.2, 0) is 28.1 Å². The van der Waals surface area contributed by atoms with Crippen LogP contribution in [0, 0.1) is 5.92 Å². The van der Waals surface area contributed by atoms with Crippen molar-refractivity contribution >= 4 is 16.1 Å². The van der Waals surface area contributed by atoms with Crippen LogP contribution in [0.2, 0.25) is 0 Å². The minimum atomic E-state index is -3.39. The van der Waals surface area contributed by atoms with Gasteiger partial charge in [0.25, 0.3) is 10.2 Å². The van der Waals surface area contributed by atoms with Crippen molar-refractivity contribution in [3.63, 3.8) is 0 Å². The molecule has 0 spiro atoms. The highest BCUT2D eigenvalue weighted by Gasteiger charge is 2.32. The first kappa shape index (κ1) is 21.2. The summed E-state index contributed by atoms with van der Waals surface area (Å²) in [6, 6.07) is 8.41. The van der Waals surface area contributed by atoms with Gasteiger partial charge in [-0.2, -0.15) is 17.0 Å². The molecule has 8 heteroatoms. The molecule has 3 rings (SSSR count). The Morgan fingerprint density at radius 1 is 1.11 bits per heavy atom. The number of nitrogens with one attached hydrogen (secondary N) is 1. The van der Waals surface area contributed by atoms with Gasteiger partial charge in [-0.3, -0.25) is 9.69 Å². The van der Waals surface area contributed by atoms with Crippen molar-refractivity contribution in [1.29, 1.82) is 0 Å². The molecule has 28 heavy (non-hydrogen) atoms. The maximum absolute atomic E-state index is 12.5. The molecule has 1 amide bonds. The number of carbonyl (C=O) groups is 1.